The van der Waals surface area contributed by atoms with Crippen molar-refractivity contribution in [1.29, 1.82) is 0 Å². The number of nitrogens with zero attached hydrogens (tertiary/aromatic N) is 1. The Morgan fingerprint density at radius 3 is 2.65 bits per heavy atom. The second-order valence-corrected chi connectivity index (χ2v) is 5.33. The van der Waals surface area contributed by atoms with E-state index in [-0.39, 0.29) is 22.7 Å². The molecule has 0 spiro atoms. The summed E-state index contributed by atoms with van der Waals surface area (Å²) in [6.45, 7) is -0.450. The van der Waals surface area contributed by atoms with Gasteiger partial charge in [-0.2, -0.15) is 0 Å². The fourth-order valence-corrected chi connectivity index (χ4v) is 2.10. The van der Waals surface area contributed by atoms with Crippen molar-refractivity contribution < 1.29 is 24.0 Å². The topological polar surface area (TPSA) is 120 Å². The molecule has 0 unspecified atom stereocenters. The molecule has 0 aromatic heterocycles. The van der Waals surface area contributed by atoms with Crippen LogP contribution in [0.3, 0.4) is 0 Å². The van der Waals surface area contributed by atoms with Crippen molar-refractivity contribution >= 4 is 29.1 Å². The second kappa shape index (κ2) is 8.67. The Bertz CT molecular complexity index is 842. The Kier molecular flexibility index (Phi) is 6.34. The maximum atomic E-state index is 12.1. The molecular formula is C16H14ClN3O6. The van der Waals surface area contributed by atoms with E-state index in [0.29, 0.717) is 5.02 Å². The monoisotopic (exact) mass is 379 g/mol. The van der Waals surface area contributed by atoms with Crippen molar-refractivity contribution in [1.82, 2.24) is 10.9 Å². The van der Waals surface area contributed by atoms with Gasteiger partial charge in [-0.05, 0) is 24.3 Å². The van der Waals surface area contributed by atoms with E-state index in [2.05, 4.69) is 10.9 Å². The van der Waals surface area contributed by atoms with Crippen molar-refractivity contribution in [3.05, 3.63) is 63.2 Å². The van der Waals surface area contributed by atoms with Gasteiger partial charge in [0, 0.05) is 11.1 Å². The zero-order chi connectivity index (χ0) is 19.1. The normalized spacial score (nSPS) is 9.92. The standard InChI is InChI=1S/C16H14ClN3O6/c1-25-14-6-5-10(17)7-13(14)16(22)19-18-15(21)9-26-12-4-2-3-11(8-12)20(23)24/h2-8H,9H2,1H3,(H,18,21)(H,19,22). The summed E-state index contributed by atoms with van der Waals surface area (Å²) < 4.78 is 10.2. The number of nitro benzene ring substituents is 1. The molecule has 2 aromatic carbocycles. The first-order chi connectivity index (χ1) is 12.4. The van der Waals surface area contributed by atoms with Crippen molar-refractivity contribution in [2.24, 2.45) is 0 Å². The van der Waals surface area contributed by atoms with E-state index in [4.69, 9.17) is 21.1 Å². The quantitative estimate of drug-likeness (QED) is 0.585. The first-order valence-corrected chi connectivity index (χ1v) is 7.58. The lowest BCUT2D eigenvalue weighted by Gasteiger charge is -2.11. The highest BCUT2D eigenvalue weighted by Gasteiger charge is 2.14. The molecule has 0 fully saturated rings. The highest BCUT2D eigenvalue weighted by Crippen LogP contribution is 2.22. The summed E-state index contributed by atoms with van der Waals surface area (Å²) >= 11 is 5.84. The van der Waals surface area contributed by atoms with Crippen LogP contribution in [0, 0.1) is 10.1 Å². The molecule has 0 aliphatic carbocycles. The Hall–Kier alpha value is -3.33. The number of benzene rings is 2. The molecule has 2 amide bonds. The van der Waals surface area contributed by atoms with Gasteiger partial charge in [-0.3, -0.25) is 30.6 Å². The Balaban J connectivity index is 1.89. The number of hydrogen-bond acceptors (Lipinski definition) is 6. The minimum atomic E-state index is -0.661. The van der Waals surface area contributed by atoms with Crippen LogP contribution in [0.4, 0.5) is 5.69 Å². The molecule has 0 aliphatic rings. The Morgan fingerprint density at radius 1 is 1.19 bits per heavy atom. The molecule has 0 aliphatic heterocycles. The van der Waals surface area contributed by atoms with Gasteiger partial charge in [-0.25, -0.2) is 0 Å². The summed E-state index contributed by atoms with van der Waals surface area (Å²) in [5.41, 5.74) is 4.34. The lowest BCUT2D eigenvalue weighted by atomic mass is 10.2. The van der Waals surface area contributed by atoms with Crippen LogP contribution in [0.15, 0.2) is 42.5 Å². The summed E-state index contributed by atoms with van der Waals surface area (Å²) in [5.74, 6) is -0.856. The van der Waals surface area contributed by atoms with Crippen LogP contribution in [-0.4, -0.2) is 30.5 Å². The first-order valence-electron chi connectivity index (χ1n) is 7.20. The maximum absolute atomic E-state index is 12.1. The van der Waals surface area contributed by atoms with Crippen molar-refractivity contribution in [2.75, 3.05) is 13.7 Å². The molecule has 26 heavy (non-hydrogen) atoms. The fraction of sp³-hybridized carbons (Fsp3) is 0.125. The number of carbonyl (C=O) groups is 2. The number of nitro groups is 1. The maximum Gasteiger partial charge on any atom is 0.276 e. The summed E-state index contributed by atoms with van der Waals surface area (Å²) in [6, 6.07) is 9.84. The Morgan fingerprint density at radius 2 is 1.96 bits per heavy atom. The van der Waals surface area contributed by atoms with Crippen molar-refractivity contribution in [2.45, 2.75) is 0 Å². The average molecular weight is 380 g/mol. The number of hydrogen-bond donors (Lipinski definition) is 2. The third-order valence-electron chi connectivity index (χ3n) is 3.12. The zero-order valence-electron chi connectivity index (χ0n) is 13.5. The van der Waals surface area contributed by atoms with Crippen LogP contribution in [0.25, 0.3) is 0 Å². The smallest absolute Gasteiger partial charge is 0.276 e. The van der Waals surface area contributed by atoms with E-state index < -0.39 is 23.3 Å². The zero-order valence-corrected chi connectivity index (χ0v) is 14.3. The Labute approximate surface area is 153 Å². The lowest BCUT2D eigenvalue weighted by molar-refractivity contribution is -0.384. The van der Waals surface area contributed by atoms with E-state index in [1.54, 1.807) is 6.07 Å². The second-order valence-electron chi connectivity index (χ2n) is 4.89. The third kappa shape index (κ3) is 5.08. The number of hydrazine groups is 1. The largest absolute Gasteiger partial charge is 0.496 e. The van der Waals surface area contributed by atoms with Gasteiger partial charge >= 0.3 is 0 Å². The highest BCUT2D eigenvalue weighted by molar-refractivity contribution is 6.31. The number of halogens is 1. The molecule has 9 nitrogen and oxygen atoms in total. The van der Waals surface area contributed by atoms with Crippen LogP contribution in [0.5, 0.6) is 11.5 Å². The highest BCUT2D eigenvalue weighted by atomic mass is 35.5. The number of methoxy groups -OCH3 is 1. The van der Waals surface area contributed by atoms with E-state index in [1.165, 1.54) is 43.5 Å². The molecule has 0 bridgehead atoms. The van der Waals surface area contributed by atoms with E-state index in [9.17, 15) is 19.7 Å². The molecule has 136 valence electrons. The molecule has 0 radical (unpaired) electrons. The number of ether oxygens (including phenoxy) is 2. The van der Waals surface area contributed by atoms with E-state index >= 15 is 0 Å². The molecule has 2 N–H and O–H groups in total. The van der Waals surface area contributed by atoms with Crippen molar-refractivity contribution in [3.63, 3.8) is 0 Å². The van der Waals surface area contributed by atoms with Gasteiger partial charge in [0.2, 0.25) is 0 Å². The van der Waals surface area contributed by atoms with Crippen LogP contribution in [-0.2, 0) is 4.79 Å². The molecule has 0 saturated heterocycles. The third-order valence-corrected chi connectivity index (χ3v) is 3.36. The van der Waals surface area contributed by atoms with Crippen LogP contribution < -0.4 is 20.3 Å². The molecule has 2 rings (SSSR count). The molecule has 2 aromatic rings. The first kappa shape index (κ1) is 19.0. The number of carbonyl (C=O) groups excluding carboxylic acids is 2. The minimum Gasteiger partial charge on any atom is -0.496 e. The van der Waals surface area contributed by atoms with Crippen LogP contribution >= 0.6 is 11.6 Å². The number of nitrogens with one attached hydrogen (secondary N) is 2. The number of non-ortho nitro benzene ring substituents is 1. The van der Waals surface area contributed by atoms with Crippen LogP contribution in [0.2, 0.25) is 5.02 Å². The van der Waals surface area contributed by atoms with Crippen LogP contribution in [0.1, 0.15) is 10.4 Å². The summed E-state index contributed by atoms with van der Waals surface area (Å²) in [5, 5.41) is 11.0. The van der Waals surface area contributed by atoms with Gasteiger partial charge < -0.3 is 9.47 Å². The predicted molar refractivity (Wildman–Crippen MR) is 92.2 cm³/mol. The fourth-order valence-electron chi connectivity index (χ4n) is 1.92. The SMILES string of the molecule is COc1ccc(Cl)cc1C(=O)NNC(=O)COc1cccc([N+](=O)[O-])c1. The summed E-state index contributed by atoms with van der Waals surface area (Å²) in [4.78, 5) is 34.0. The van der Waals surface area contributed by atoms with Gasteiger partial charge in [-0.15, -0.1) is 0 Å². The van der Waals surface area contributed by atoms with Gasteiger partial charge in [0.15, 0.2) is 6.61 Å². The average Bonchev–Trinajstić information content (AvgIpc) is 2.64. The van der Waals surface area contributed by atoms with Crippen molar-refractivity contribution in [3.8, 4) is 11.5 Å². The van der Waals surface area contributed by atoms with E-state index in [0.717, 1.165) is 0 Å². The number of rotatable bonds is 6. The number of amides is 2. The van der Waals surface area contributed by atoms with Gasteiger partial charge in [0.05, 0.1) is 23.7 Å². The van der Waals surface area contributed by atoms with Gasteiger partial charge in [0.25, 0.3) is 17.5 Å². The van der Waals surface area contributed by atoms with E-state index in [1.807, 2.05) is 0 Å². The molecule has 0 atom stereocenters. The minimum absolute atomic E-state index is 0.139. The predicted octanol–water partition coefficient (Wildman–Crippen LogP) is 2.10. The van der Waals surface area contributed by atoms with Gasteiger partial charge in [-0.1, -0.05) is 17.7 Å². The molecule has 0 heterocycles. The summed E-state index contributed by atoms with van der Waals surface area (Å²) in [7, 11) is 1.39. The summed E-state index contributed by atoms with van der Waals surface area (Å²) in [6.07, 6.45) is 0. The molecule has 0 saturated carbocycles. The molecule has 10 heteroatoms. The molecular weight excluding hydrogens is 366 g/mol. The lowest BCUT2D eigenvalue weighted by Crippen LogP contribution is -2.43. The van der Waals surface area contributed by atoms with Gasteiger partial charge in [0.1, 0.15) is 11.5 Å².